The van der Waals surface area contributed by atoms with Crippen LogP contribution in [0, 0.1) is 0 Å². The molecule has 0 radical (unpaired) electrons. The van der Waals surface area contributed by atoms with Crippen LogP contribution in [0.3, 0.4) is 0 Å². The highest BCUT2D eigenvalue weighted by Gasteiger charge is 2.26. The lowest BCUT2D eigenvalue weighted by Gasteiger charge is -2.37. The van der Waals surface area contributed by atoms with Crippen molar-refractivity contribution in [2.75, 3.05) is 37.0 Å². The molecule has 0 spiro atoms. The van der Waals surface area contributed by atoms with Crippen molar-refractivity contribution >= 4 is 17.3 Å². The van der Waals surface area contributed by atoms with Crippen molar-refractivity contribution in [3.8, 4) is 16.9 Å². The van der Waals surface area contributed by atoms with Gasteiger partial charge in [0, 0.05) is 31.4 Å². The smallest absolute Gasteiger partial charge is 0.303 e. The predicted molar refractivity (Wildman–Crippen MR) is 130 cm³/mol. The average molecular weight is 441 g/mol. The van der Waals surface area contributed by atoms with Crippen LogP contribution in [0.2, 0.25) is 0 Å². The van der Waals surface area contributed by atoms with E-state index in [1.54, 1.807) is 0 Å². The lowest BCUT2D eigenvalue weighted by Crippen LogP contribution is -2.39. The van der Waals surface area contributed by atoms with E-state index in [1.165, 1.54) is 0 Å². The van der Waals surface area contributed by atoms with Crippen molar-refractivity contribution in [1.29, 1.82) is 0 Å². The van der Waals surface area contributed by atoms with Crippen LogP contribution in [0.25, 0.3) is 11.1 Å². The molecule has 32 heavy (non-hydrogen) atoms. The van der Waals surface area contributed by atoms with E-state index in [0.29, 0.717) is 18.3 Å². The minimum Gasteiger partial charge on any atom is -0.494 e. The van der Waals surface area contributed by atoms with Crippen LogP contribution < -0.4 is 15.4 Å². The van der Waals surface area contributed by atoms with E-state index >= 15 is 0 Å². The Hall–Kier alpha value is -2.73. The molecule has 1 heterocycles. The van der Waals surface area contributed by atoms with Gasteiger partial charge in [-0.15, -0.1) is 0 Å². The van der Waals surface area contributed by atoms with Crippen LogP contribution in [0.1, 0.15) is 57.9 Å². The Morgan fingerprint density at radius 2 is 1.84 bits per heavy atom. The molecular weight excluding hydrogens is 404 g/mol. The van der Waals surface area contributed by atoms with Crippen molar-refractivity contribution in [3.63, 3.8) is 0 Å². The van der Waals surface area contributed by atoms with Gasteiger partial charge in [-0.25, -0.2) is 0 Å². The van der Waals surface area contributed by atoms with E-state index in [-0.39, 0.29) is 12.3 Å². The first kappa shape index (κ1) is 23.9. The number of hydrogen-bond donors (Lipinski definition) is 2. The molecule has 1 aliphatic heterocycles. The maximum atomic E-state index is 11.6. The Morgan fingerprint density at radius 1 is 1.16 bits per heavy atom. The standard InChI is InChI=1S/C26H36N2O4/c1-4-18(17-24(29)30)22-11-12-23(28(5-2)20-13-15-31-16-14-20)26(27)25(22)19-7-9-21(10-8-19)32-6-3/h7-12,18,20H,4-6,13-17,27H2,1-3H3,(H,29,30)/t18-/m1/s1. The molecule has 1 fully saturated rings. The lowest BCUT2D eigenvalue weighted by atomic mass is 9.85. The van der Waals surface area contributed by atoms with Gasteiger partial charge < -0.3 is 25.2 Å². The number of carbonyl (C=O) groups is 1. The van der Waals surface area contributed by atoms with Crippen LogP contribution in [-0.2, 0) is 9.53 Å². The van der Waals surface area contributed by atoms with Gasteiger partial charge in [0.15, 0.2) is 0 Å². The molecule has 6 nitrogen and oxygen atoms in total. The van der Waals surface area contributed by atoms with Crippen LogP contribution in [0.4, 0.5) is 11.4 Å². The number of rotatable bonds is 10. The van der Waals surface area contributed by atoms with E-state index in [2.05, 4.69) is 24.0 Å². The molecule has 3 N–H and O–H groups in total. The third-order valence-corrected chi connectivity index (χ3v) is 6.34. The molecule has 6 heteroatoms. The summed E-state index contributed by atoms with van der Waals surface area (Å²) < 4.78 is 11.2. The van der Waals surface area contributed by atoms with Crippen molar-refractivity contribution in [3.05, 3.63) is 42.0 Å². The highest BCUT2D eigenvalue weighted by molar-refractivity contribution is 5.89. The molecule has 0 bridgehead atoms. The van der Waals surface area contributed by atoms with Crippen molar-refractivity contribution in [2.24, 2.45) is 0 Å². The SMILES string of the molecule is CCOc1ccc(-c2c([C@H](CC)CC(=O)O)ccc(N(CC)C3CCOCC3)c2N)cc1. The van der Waals surface area contributed by atoms with Crippen LogP contribution in [0.15, 0.2) is 36.4 Å². The summed E-state index contributed by atoms with van der Waals surface area (Å²) in [7, 11) is 0. The summed E-state index contributed by atoms with van der Waals surface area (Å²) in [6.45, 7) is 9.13. The predicted octanol–water partition coefficient (Wildman–Crippen LogP) is 5.31. The fourth-order valence-corrected chi connectivity index (χ4v) is 4.73. The van der Waals surface area contributed by atoms with E-state index in [4.69, 9.17) is 15.2 Å². The molecule has 0 aliphatic carbocycles. The molecule has 2 aromatic carbocycles. The monoisotopic (exact) mass is 440 g/mol. The quantitative estimate of drug-likeness (QED) is 0.487. The first-order valence-electron chi connectivity index (χ1n) is 11.7. The fourth-order valence-electron chi connectivity index (χ4n) is 4.73. The Morgan fingerprint density at radius 3 is 2.41 bits per heavy atom. The molecule has 2 aromatic rings. The number of ether oxygens (including phenoxy) is 2. The summed E-state index contributed by atoms with van der Waals surface area (Å²) in [6, 6.07) is 12.5. The number of benzene rings is 2. The van der Waals surface area contributed by atoms with E-state index in [9.17, 15) is 9.90 Å². The average Bonchev–Trinajstić information content (AvgIpc) is 2.80. The topological polar surface area (TPSA) is 85.0 Å². The number of nitrogens with two attached hydrogens (primary N) is 1. The van der Waals surface area contributed by atoms with E-state index < -0.39 is 5.97 Å². The Labute approximate surface area is 191 Å². The second kappa shape index (κ2) is 11.2. The summed E-state index contributed by atoms with van der Waals surface area (Å²) >= 11 is 0. The van der Waals surface area contributed by atoms with Gasteiger partial charge >= 0.3 is 5.97 Å². The number of carboxylic acid groups (broad SMARTS) is 1. The second-order valence-corrected chi connectivity index (χ2v) is 8.25. The van der Waals surface area contributed by atoms with Gasteiger partial charge in [-0.2, -0.15) is 0 Å². The number of carboxylic acids is 1. The summed E-state index contributed by atoms with van der Waals surface area (Å²) in [4.78, 5) is 13.9. The van der Waals surface area contributed by atoms with Gasteiger partial charge in [0.25, 0.3) is 0 Å². The van der Waals surface area contributed by atoms with Crippen LogP contribution in [-0.4, -0.2) is 43.5 Å². The molecule has 1 aliphatic rings. The maximum Gasteiger partial charge on any atom is 0.303 e. The third kappa shape index (κ3) is 5.36. The second-order valence-electron chi connectivity index (χ2n) is 8.25. The molecule has 174 valence electrons. The zero-order chi connectivity index (χ0) is 23.1. The lowest BCUT2D eigenvalue weighted by molar-refractivity contribution is -0.137. The fraction of sp³-hybridized carbons (Fsp3) is 0.500. The zero-order valence-corrected chi connectivity index (χ0v) is 19.5. The molecule has 0 amide bonds. The van der Waals surface area contributed by atoms with Gasteiger partial charge in [-0.3, -0.25) is 4.79 Å². The minimum absolute atomic E-state index is 0.0801. The van der Waals surface area contributed by atoms with Crippen molar-refractivity contribution in [1.82, 2.24) is 0 Å². The van der Waals surface area contributed by atoms with Gasteiger partial charge in [-0.05, 0) is 68.4 Å². The van der Waals surface area contributed by atoms with E-state index in [0.717, 1.165) is 67.1 Å². The highest BCUT2D eigenvalue weighted by Crippen LogP contribution is 2.43. The van der Waals surface area contributed by atoms with Gasteiger partial charge in [0.05, 0.1) is 24.4 Å². The van der Waals surface area contributed by atoms with Gasteiger partial charge in [0.1, 0.15) is 5.75 Å². The number of hydrogen-bond acceptors (Lipinski definition) is 5. The Kier molecular flexibility index (Phi) is 8.39. The molecule has 0 unspecified atom stereocenters. The number of nitrogen functional groups attached to an aromatic ring is 1. The third-order valence-electron chi connectivity index (χ3n) is 6.34. The molecule has 3 rings (SSSR count). The molecular formula is C26H36N2O4. The molecule has 0 saturated carbocycles. The Balaban J connectivity index is 2.11. The zero-order valence-electron chi connectivity index (χ0n) is 19.5. The highest BCUT2D eigenvalue weighted by atomic mass is 16.5. The first-order valence-corrected chi connectivity index (χ1v) is 11.7. The number of nitrogens with zero attached hydrogens (tertiary/aromatic N) is 1. The van der Waals surface area contributed by atoms with Crippen LogP contribution in [0.5, 0.6) is 5.75 Å². The van der Waals surface area contributed by atoms with Gasteiger partial charge in [0.2, 0.25) is 0 Å². The minimum atomic E-state index is -0.797. The normalized spacial score (nSPS) is 15.3. The van der Waals surface area contributed by atoms with Gasteiger partial charge in [-0.1, -0.05) is 25.1 Å². The molecule has 1 saturated heterocycles. The van der Waals surface area contributed by atoms with Crippen LogP contribution >= 0.6 is 0 Å². The summed E-state index contributed by atoms with van der Waals surface area (Å²) in [5.74, 6) is -0.0967. The van der Waals surface area contributed by atoms with Crippen molar-refractivity contribution in [2.45, 2.75) is 58.4 Å². The van der Waals surface area contributed by atoms with Crippen molar-refractivity contribution < 1.29 is 19.4 Å². The molecule has 1 atom stereocenters. The summed E-state index contributed by atoms with van der Waals surface area (Å²) in [5.41, 5.74) is 11.5. The Bertz CT molecular complexity index is 891. The number of anilines is 2. The summed E-state index contributed by atoms with van der Waals surface area (Å²) in [5, 5.41) is 9.49. The largest absolute Gasteiger partial charge is 0.494 e. The summed E-state index contributed by atoms with van der Waals surface area (Å²) in [6.07, 6.45) is 2.76. The molecule has 0 aromatic heterocycles. The van der Waals surface area contributed by atoms with E-state index in [1.807, 2.05) is 38.1 Å². The maximum absolute atomic E-state index is 11.6. The first-order chi connectivity index (χ1) is 15.5. The number of aliphatic carboxylic acids is 1.